The van der Waals surface area contributed by atoms with E-state index in [4.69, 9.17) is 5.26 Å². The number of hydrogen-bond donors (Lipinski definition) is 3. The number of likely N-dealkylation sites (tertiary alicyclic amines) is 1. The number of carbonyl (C=O) groups excluding carboxylic acids is 3. The molecule has 2 atom stereocenters. The number of imide groups is 1. The third-order valence-electron chi connectivity index (χ3n) is 8.76. The fourth-order valence-electron chi connectivity index (χ4n) is 6.09. The number of fused-ring (bicyclic) bond motifs is 1. The highest BCUT2D eigenvalue weighted by molar-refractivity contribution is 6.00. The summed E-state index contributed by atoms with van der Waals surface area (Å²) in [5.74, 6) is 4.54. The average Bonchev–Trinajstić information content (AvgIpc) is 3.58. The van der Waals surface area contributed by atoms with Crippen molar-refractivity contribution in [1.29, 1.82) is 5.26 Å². The smallest absolute Gasteiger partial charge is 0.378 e. The number of nitrogens with zero attached hydrogens (tertiary/aromatic N) is 6. The van der Waals surface area contributed by atoms with Crippen molar-refractivity contribution in [3.63, 3.8) is 0 Å². The molecule has 2 aromatic heterocycles. The molecule has 4 aromatic rings. The van der Waals surface area contributed by atoms with E-state index in [0.29, 0.717) is 42.3 Å². The largest absolute Gasteiger partial charge is 0.417 e. The quantitative estimate of drug-likeness (QED) is 0.197. The zero-order valence-electron chi connectivity index (χ0n) is 26.9. The average molecular weight is 689 g/mol. The van der Waals surface area contributed by atoms with Crippen LogP contribution in [0.4, 0.5) is 18.9 Å². The number of carbonyl (C=O) groups is 3. The van der Waals surface area contributed by atoms with Crippen LogP contribution in [0.1, 0.15) is 48.1 Å². The van der Waals surface area contributed by atoms with E-state index < -0.39 is 40.8 Å². The molecular formula is C34H31F3N8O5. The fraction of sp³-hybridized carbons (Fsp3) is 0.353. The summed E-state index contributed by atoms with van der Waals surface area (Å²) in [4.78, 5) is 52.0. The van der Waals surface area contributed by atoms with E-state index in [2.05, 4.69) is 32.5 Å². The van der Waals surface area contributed by atoms with E-state index in [-0.39, 0.29) is 42.6 Å². The maximum absolute atomic E-state index is 13.3. The highest BCUT2D eigenvalue weighted by Crippen LogP contribution is 2.34. The summed E-state index contributed by atoms with van der Waals surface area (Å²) in [6.45, 7) is 2.94. The van der Waals surface area contributed by atoms with Crippen LogP contribution in [0.5, 0.6) is 0 Å². The van der Waals surface area contributed by atoms with Gasteiger partial charge in [0, 0.05) is 50.9 Å². The number of amides is 3. The number of nitriles is 1. The number of hydrogen-bond acceptors (Lipinski definition) is 8. The molecule has 2 fully saturated rings. The van der Waals surface area contributed by atoms with Crippen LogP contribution in [0.25, 0.3) is 11.0 Å². The maximum Gasteiger partial charge on any atom is 0.417 e. The van der Waals surface area contributed by atoms with Crippen molar-refractivity contribution in [2.24, 2.45) is 13.0 Å². The van der Waals surface area contributed by atoms with E-state index in [9.17, 15) is 37.5 Å². The number of anilines is 1. The number of nitrogens with one attached hydrogen (secondary N) is 2. The molecule has 2 aliphatic rings. The van der Waals surface area contributed by atoms with Gasteiger partial charge in [-0.3, -0.25) is 38.4 Å². The summed E-state index contributed by atoms with van der Waals surface area (Å²) in [6.07, 6.45) is -1.34. The van der Waals surface area contributed by atoms with E-state index >= 15 is 0 Å². The van der Waals surface area contributed by atoms with Gasteiger partial charge < -0.3 is 10.4 Å². The highest BCUT2D eigenvalue weighted by Gasteiger charge is 2.36. The molecule has 0 saturated carbocycles. The van der Waals surface area contributed by atoms with Gasteiger partial charge in [-0.15, -0.1) is 0 Å². The Morgan fingerprint density at radius 3 is 2.60 bits per heavy atom. The number of aliphatic hydroxyl groups is 1. The minimum absolute atomic E-state index is 0.0861. The molecule has 6 rings (SSSR count). The molecular weight excluding hydrogens is 657 g/mol. The van der Waals surface area contributed by atoms with Gasteiger partial charge in [-0.1, -0.05) is 17.9 Å². The molecule has 2 saturated heterocycles. The first kappa shape index (κ1) is 34.2. The predicted octanol–water partition coefficient (Wildman–Crippen LogP) is 2.28. The zero-order valence-corrected chi connectivity index (χ0v) is 26.9. The Labute approximate surface area is 282 Å². The van der Waals surface area contributed by atoms with Crippen molar-refractivity contribution >= 4 is 34.4 Å². The second-order valence-electron chi connectivity index (χ2n) is 12.7. The van der Waals surface area contributed by atoms with Gasteiger partial charge in [0.05, 0.1) is 46.5 Å². The van der Waals surface area contributed by atoms with Crippen LogP contribution in [0.3, 0.4) is 0 Å². The second kappa shape index (κ2) is 13.0. The number of alkyl halides is 3. The summed E-state index contributed by atoms with van der Waals surface area (Å²) in [5, 5.41) is 28.5. The normalized spacial score (nSPS) is 18.1. The molecule has 13 nitrogen and oxygen atoms in total. The summed E-state index contributed by atoms with van der Waals surface area (Å²) in [6, 6.07) is 9.12. The molecule has 2 aliphatic heterocycles. The number of benzene rings is 2. The molecule has 4 heterocycles. The van der Waals surface area contributed by atoms with Gasteiger partial charge in [0.25, 0.3) is 5.91 Å². The summed E-state index contributed by atoms with van der Waals surface area (Å²) < 4.78 is 44.2. The number of aryl methyl sites for hydroxylation is 1. The Hall–Kier alpha value is -5.71. The minimum Gasteiger partial charge on any atom is -0.378 e. The number of rotatable bonds is 7. The van der Waals surface area contributed by atoms with Gasteiger partial charge in [0.2, 0.25) is 11.8 Å². The first-order chi connectivity index (χ1) is 23.6. The lowest BCUT2D eigenvalue weighted by atomic mass is 9.99. The van der Waals surface area contributed by atoms with Crippen molar-refractivity contribution in [3.05, 3.63) is 81.5 Å². The Morgan fingerprint density at radius 2 is 1.90 bits per heavy atom. The van der Waals surface area contributed by atoms with Gasteiger partial charge in [-0.25, -0.2) is 4.79 Å². The van der Waals surface area contributed by atoms with Crippen LogP contribution in [0, 0.1) is 29.1 Å². The van der Waals surface area contributed by atoms with Crippen molar-refractivity contribution in [3.8, 4) is 17.9 Å². The fourth-order valence-corrected chi connectivity index (χ4v) is 6.09. The molecule has 2 aromatic carbocycles. The molecule has 16 heteroatoms. The molecule has 0 radical (unpaired) electrons. The summed E-state index contributed by atoms with van der Waals surface area (Å²) >= 11 is 0. The Bertz CT molecular complexity index is 2190. The van der Waals surface area contributed by atoms with Crippen LogP contribution in [0.2, 0.25) is 0 Å². The van der Waals surface area contributed by atoms with E-state index in [1.54, 1.807) is 13.2 Å². The molecule has 50 heavy (non-hydrogen) atoms. The topological polar surface area (TPSA) is 167 Å². The molecule has 0 aliphatic carbocycles. The molecule has 0 spiro atoms. The van der Waals surface area contributed by atoms with Gasteiger partial charge in [0.1, 0.15) is 6.04 Å². The lowest BCUT2D eigenvalue weighted by Gasteiger charge is -2.36. The van der Waals surface area contributed by atoms with Crippen molar-refractivity contribution in [1.82, 2.24) is 29.1 Å². The molecule has 3 N–H and O–H groups in total. The third kappa shape index (κ3) is 6.89. The van der Waals surface area contributed by atoms with Gasteiger partial charge in [-0.05, 0) is 49.2 Å². The van der Waals surface area contributed by atoms with Crippen LogP contribution in [0.15, 0.2) is 53.6 Å². The van der Waals surface area contributed by atoms with Gasteiger partial charge in [-0.2, -0.15) is 23.5 Å². The Kier molecular flexibility index (Phi) is 8.86. The highest BCUT2D eigenvalue weighted by atomic mass is 19.4. The standard InChI is InChI=1S/C34H31F3N8O5/c1-33(50,31(48)40-24-7-6-23(13-38)25(12-24)34(35,36)37)19-44-18-21(14-39-44)3-4-22-16-43(17-22)15-20-5-8-26-28(11-20)42(2)32(49)45(26)27-9-10-29(46)41-30(27)47/h5-8,11-12,14,18,22,27,50H,9-10,15-17,19H2,1-2H3,(H,40,48)(H,41,46,47)/t27?,33-/m0/s1. The molecule has 1 unspecified atom stereocenters. The number of halogens is 3. The molecule has 3 amide bonds. The van der Waals surface area contributed by atoms with Crippen molar-refractivity contribution in [2.45, 2.75) is 50.7 Å². The molecule has 258 valence electrons. The Balaban J connectivity index is 1.03. The number of aromatic nitrogens is 4. The van der Waals surface area contributed by atoms with Crippen LogP contribution in [-0.2, 0) is 40.7 Å². The first-order valence-corrected chi connectivity index (χ1v) is 15.6. The predicted molar refractivity (Wildman–Crippen MR) is 172 cm³/mol. The van der Waals surface area contributed by atoms with Crippen molar-refractivity contribution < 1.29 is 32.7 Å². The lowest BCUT2D eigenvalue weighted by Crippen LogP contribution is -2.45. The SMILES string of the molecule is Cn1c(=O)n(C2CCC(=O)NC2=O)c2ccc(CN3CC(C#Cc4cnn(C[C@](C)(O)C(=O)Nc5ccc(C#N)c(C(F)(F)F)c5)c4)C3)cc21. The summed E-state index contributed by atoms with van der Waals surface area (Å²) in [7, 11) is 1.65. The van der Waals surface area contributed by atoms with E-state index in [1.807, 2.05) is 18.2 Å². The second-order valence-corrected chi connectivity index (χ2v) is 12.7. The summed E-state index contributed by atoms with van der Waals surface area (Å²) in [5.41, 5.74) is -1.54. The van der Waals surface area contributed by atoms with E-state index in [0.717, 1.165) is 17.7 Å². The van der Waals surface area contributed by atoms with E-state index in [1.165, 1.54) is 33.0 Å². The molecule has 0 bridgehead atoms. The van der Waals surface area contributed by atoms with Crippen LogP contribution in [-0.4, -0.2) is 65.3 Å². The number of imidazole rings is 1. The minimum atomic E-state index is -4.80. The maximum atomic E-state index is 13.3. The zero-order chi connectivity index (χ0) is 36.0. The van der Waals surface area contributed by atoms with Crippen LogP contribution < -0.4 is 16.3 Å². The third-order valence-corrected chi connectivity index (χ3v) is 8.76. The number of piperidine rings is 1. The first-order valence-electron chi connectivity index (χ1n) is 15.6. The van der Waals surface area contributed by atoms with Crippen molar-refractivity contribution in [2.75, 3.05) is 18.4 Å². The Morgan fingerprint density at radius 1 is 1.14 bits per heavy atom. The lowest BCUT2D eigenvalue weighted by molar-refractivity contribution is -0.138. The van der Waals surface area contributed by atoms with Gasteiger partial charge >= 0.3 is 11.9 Å². The monoisotopic (exact) mass is 688 g/mol. The van der Waals surface area contributed by atoms with Gasteiger partial charge in [0.15, 0.2) is 5.60 Å². The van der Waals surface area contributed by atoms with Crippen LogP contribution >= 0.6 is 0 Å².